The molecule has 26 heavy (non-hydrogen) atoms. The van der Waals surface area contributed by atoms with E-state index in [2.05, 4.69) is 10.2 Å². The number of rotatable bonds is 4. The third kappa shape index (κ3) is 4.18. The highest BCUT2D eigenvalue weighted by atomic mass is 16.6. The van der Waals surface area contributed by atoms with Crippen LogP contribution in [0.2, 0.25) is 0 Å². The van der Waals surface area contributed by atoms with E-state index in [9.17, 15) is 14.9 Å². The van der Waals surface area contributed by atoms with Gasteiger partial charge in [-0.2, -0.15) is 0 Å². The second kappa shape index (κ2) is 7.97. The number of carbonyl (C=O) groups excluding carboxylic acids is 1. The third-order valence-corrected chi connectivity index (χ3v) is 4.50. The first-order valence-electron chi connectivity index (χ1n) is 8.63. The molecule has 7 nitrogen and oxygen atoms in total. The highest BCUT2D eigenvalue weighted by Gasteiger charge is 2.22. The molecule has 0 saturated carbocycles. The first kappa shape index (κ1) is 17.9. The predicted molar refractivity (Wildman–Crippen MR) is 101 cm³/mol. The number of hydrogen-bond donors (Lipinski definition) is 1. The van der Waals surface area contributed by atoms with Gasteiger partial charge in [-0.15, -0.1) is 0 Å². The molecule has 0 spiro atoms. The summed E-state index contributed by atoms with van der Waals surface area (Å²) >= 11 is 0. The van der Waals surface area contributed by atoms with Crippen molar-refractivity contribution in [3.05, 3.63) is 64.2 Å². The molecule has 7 heteroatoms. The van der Waals surface area contributed by atoms with E-state index in [1.165, 1.54) is 6.07 Å². The summed E-state index contributed by atoms with van der Waals surface area (Å²) in [6.45, 7) is 3.06. The zero-order valence-corrected chi connectivity index (χ0v) is 14.7. The van der Waals surface area contributed by atoms with Gasteiger partial charge in [-0.3, -0.25) is 14.9 Å². The average Bonchev–Trinajstić information content (AvgIpc) is 2.86. The number of hydrogen-bond acceptors (Lipinski definition) is 5. The number of likely N-dealkylation sites (N-methyl/N-ethyl adjacent to an activating group) is 1. The van der Waals surface area contributed by atoms with E-state index in [4.69, 9.17) is 0 Å². The summed E-state index contributed by atoms with van der Waals surface area (Å²) in [5.74, 6) is -0.158. The summed E-state index contributed by atoms with van der Waals surface area (Å²) in [6.07, 6.45) is 0.901. The molecule has 1 amide bonds. The van der Waals surface area contributed by atoms with E-state index in [1.54, 1.807) is 17.0 Å². The molecule has 136 valence electrons. The molecular weight excluding hydrogens is 332 g/mol. The first-order chi connectivity index (χ1) is 12.5. The molecule has 2 aromatic carbocycles. The van der Waals surface area contributed by atoms with Crippen molar-refractivity contribution in [3.8, 4) is 0 Å². The second-order valence-electron chi connectivity index (χ2n) is 6.43. The molecule has 3 rings (SSSR count). The van der Waals surface area contributed by atoms with Crippen molar-refractivity contribution in [1.82, 2.24) is 9.80 Å². The molecule has 1 aliphatic heterocycles. The van der Waals surface area contributed by atoms with Gasteiger partial charge in [-0.25, -0.2) is 0 Å². The molecule has 1 N–H and O–H groups in total. The SMILES string of the molecule is CN1CCCN(C(=O)c2ccc(Nc3ccccc3)c([N+](=O)[O-])c2)CC1. The quantitative estimate of drug-likeness (QED) is 0.674. The maximum atomic E-state index is 12.8. The van der Waals surface area contributed by atoms with E-state index in [1.807, 2.05) is 37.4 Å². The molecule has 1 fully saturated rings. The largest absolute Gasteiger partial charge is 0.350 e. The van der Waals surface area contributed by atoms with Gasteiger partial charge in [0.05, 0.1) is 4.92 Å². The van der Waals surface area contributed by atoms with Crippen LogP contribution in [-0.4, -0.2) is 53.9 Å². The van der Waals surface area contributed by atoms with Crippen LogP contribution in [0.15, 0.2) is 48.5 Å². The number of nitro groups is 1. The number of anilines is 2. The lowest BCUT2D eigenvalue weighted by Gasteiger charge is -2.20. The minimum absolute atomic E-state index is 0.105. The van der Waals surface area contributed by atoms with E-state index in [0.29, 0.717) is 24.3 Å². The van der Waals surface area contributed by atoms with Gasteiger partial charge in [0.25, 0.3) is 11.6 Å². The van der Waals surface area contributed by atoms with Crippen LogP contribution < -0.4 is 5.32 Å². The van der Waals surface area contributed by atoms with Crippen LogP contribution in [0.3, 0.4) is 0 Å². The summed E-state index contributed by atoms with van der Waals surface area (Å²) < 4.78 is 0. The highest BCUT2D eigenvalue weighted by molar-refractivity contribution is 5.96. The summed E-state index contributed by atoms with van der Waals surface area (Å²) in [5, 5.41) is 14.5. The van der Waals surface area contributed by atoms with E-state index in [0.717, 1.165) is 25.2 Å². The Bertz CT molecular complexity index is 795. The minimum atomic E-state index is -0.460. The van der Waals surface area contributed by atoms with Gasteiger partial charge in [0.2, 0.25) is 0 Å². The first-order valence-corrected chi connectivity index (χ1v) is 8.63. The van der Waals surface area contributed by atoms with E-state index in [-0.39, 0.29) is 11.6 Å². The average molecular weight is 354 g/mol. The number of nitro benzene ring substituents is 1. The Labute approximate surface area is 152 Å². The number of nitrogens with one attached hydrogen (secondary N) is 1. The lowest BCUT2D eigenvalue weighted by molar-refractivity contribution is -0.383. The Hall–Kier alpha value is -2.93. The molecule has 2 aromatic rings. The molecule has 0 aromatic heterocycles. The van der Waals surface area contributed by atoms with Crippen LogP contribution >= 0.6 is 0 Å². The normalized spacial score (nSPS) is 15.3. The zero-order chi connectivity index (χ0) is 18.5. The Morgan fingerprint density at radius 3 is 2.58 bits per heavy atom. The van der Waals surface area contributed by atoms with Crippen LogP contribution in [0.1, 0.15) is 16.8 Å². The van der Waals surface area contributed by atoms with E-state index >= 15 is 0 Å². The van der Waals surface area contributed by atoms with Crippen molar-refractivity contribution in [2.45, 2.75) is 6.42 Å². The maximum Gasteiger partial charge on any atom is 0.293 e. The van der Waals surface area contributed by atoms with Crippen molar-refractivity contribution in [2.75, 3.05) is 38.5 Å². The molecule has 1 saturated heterocycles. The fraction of sp³-hybridized carbons (Fsp3) is 0.316. The number of para-hydroxylation sites is 1. The van der Waals surface area contributed by atoms with Crippen LogP contribution in [-0.2, 0) is 0 Å². The van der Waals surface area contributed by atoms with Crippen molar-refractivity contribution < 1.29 is 9.72 Å². The van der Waals surface area contributed by atoms with Crippen LogP contribution in [0, 0.1) is 10.1 Å². The van der Waals surface area contributed by atoms with Gasteiger partial charge >= 0.3 is 0 Å². The Kier molecular flexibility index (Phi) is 5.48. The van der Waals surface area contributed by atoms with Gasteiger partial charge in [-0.1, -0.05) is 18.2 Å². The third-order valence-electron chi connectivity index (χ3n) is 4.50. The van der Waals surface area contributed by atoms with Gasteiger partial charge in [-0.05, 0) is 44.3 Å². The Morgan fingerprint density at radius 1 is 1.08 bits per heavy atom. The molecule has 1 heterocycles. The summed E-state index contributed by atoms with van der Waals surface area (Å²) in [4.78, 5) is 27.8. The molecule has 0 bridgehead atoms. The van der Waals surface area contributed by atoms with Crippen molar-refractivity contribution in [3.63, 3.8) is 0 Å². The molecule has 1 aliphatic rings. The predicted octanol–water partition coefficient (Wildman–Crippen LogP) is 3.12. The van der Waals surface area contributed by atoms with Crippen LogP contribution in [0.5, 0.6) is 0 Å². The molecule has 0 aliphatic carbocycles. The topological polar surface area (TPSA) is 78.7 Å². The molecule has 0 unspecified atom stereocenters. The maximum absolute atomic E-state index is 12.8. The summed E-state index contributed by atoms with van der Waals surface area (Å²) in [7, 11) is 2.03. The second-order valence-corrected chi connectivity index (χ2v) is 6.43. The Morgan fingerprint density at radius 2 is 1.85 bits per heavy atom. The molecule has 0 atom stereocenters. The van der Waals surface area contributed by atoms with Crippen LogP contribution in [0.4, 0.5) is 17.1 Å². The molecular formula is C19H22N4O3. The fourth-order valence-electron chi connectivity index (χ4n) is 3.03. The van der Waals surface area contributed by atoms with Gasteiger partial charge < -0.3 is 15.1 Å². The lowest BCUT2D eigenvalue weighted by Crippen LogP contribution is -2.34. The fourth-order valence-corrected chi connectivity index (χ4v) is 3.03. The highest BCUT2D eigenvalue weighted by Crippen LogP contribution is 2.29. The Balaban J connectivity index is 1.83. The number of nitrogens with zero attached hydrogens (tertiary/aromatic N) is 3. The number of amides is 1. The summed E-state index contributed by atoms with van der Waals surface area (Å²) in [5.41, 5.74) is 1.37. The smallest absolute Gasteiger partial charge is 0.293 e. The van der Waals surface area contributed by atoms with Crippen molar-refractivity contribution in [2.24, 2.45) is 0 Å². The minimum Gasteiger partial charge on any atom is -0.350 e. The van der Waals surface area contributed by atoms with Gasteiger partial charge in [0, 0.05) is 37.0 Å². The van der Waals surface area contributed by atoms with Crippen molar-refractivity contribution >= 4 is 23.0 Å². The van der Waals surface area contributed by atoms with E-state index < -0.39 is 4.92 Å². The zero-order valence-electron chi connectivity index (χ0n) is 14.7. The summed E-state index contributed by atoms with van der Waals surface area (Å²) in [6, 6.07) is 13.8. The number of carbonyl (C=O) groups is 1. The van der Waals surface area contributed by atoms with Gasteiger partial charge in [0.15, 0.2) is 0 Å². The lowest BCUT2D eigenvalue weighted by atomic mass is 10.1. The number of benzene rings is 2. The van der Waals surface area contributed by atoms with Gasteiger partial charge in [0.1, 0.15) is 5.69 Å². The monoisotopic (exact) mass is 354 g/mol. The standard InChI is InChI=1S/C19H22N4O3/c1-21-10-5-11-22(13-12-21)19(24)15-8-9-17(18(14-15)23(25)26)20-16-6-3-2-4-7-16/h2-4,6-9,14,20H,5,10-13H2,1H3. The van der Waals surface area contributed by atoms with Crippen molar-refractivity contribution in [1.29, 1.82) is 0 Å². The van der Waals surface area contributed by atoms with Crippen LogP contribution in [0.25, 0.3) is 0 Å². The molecule has 0 radical (unpaired) electrons.